The van der Waals surface area contributed by atoms with Crippen LogP contribution in [0.5, 0.6) is 0 Å². The summed E-state index contributed by atoms with van der Waals surface area (Å²) in [6, 6.07) is 4.74. The fourth-order valence-corrected chi connectivity index (χ4v) is 3.47. The lowest BCUT2D eigenvalue weighted by atomic mass is 10.2. The molecule has 0 aliphatic rings. The Morgan fingerprint density at radius 3 is 2.26 bits per heavy atom. The van der Waals surface area contributed by atoms with Crippen molar-refractivity contribution >= 4 is 44.8 Å². The van der Waals surface area contributed by atoms with Gasteiger partial charge in [-0.1, -0.05) is 43.0 Å². The number of nitrogens with zero attached hydrogens (tertiary/aromatic N) is 1. The fraction of sp³-hybridized carbons (Fsp3) is 0.533. The second-order valence-corrected chi connectivity index (χ2v) is 8.18. The summed E-state index contributed by atoms with van der Waals surface area (Å²) in [6.07, 6.45) is 3.98. The van der Waals surface area contributed by atoms with Gasteiger partial charge < -0.3 is 5.32 Å². The van der Waals surface area contributed by atoms with Crippen molar-refractivity contribution in [2.45, 2.75) is 32.6 Å². The van der Waals surface area contributed by atoms with E-state index in [-0.39, 0.29) is 18.9 Å². The Balaban J connectivity index is 2.57. The van der Waals surface area contributed by atoms with Crippen LogP contribution in [0.4, 0.5) is 5.69 Å². The van der Waals surface area contributed by atoms with Crippen molar-refractivity contribution < 1.29 is 13.2 Å². The minimum absolute atomic E-state index is 0.0727. The largest absolute Gasteiger partial charge is 0.326 e. The van der Waals surface area contributed by atoms with E-state index in [1.165, 1.54) is 4.31 Å². The van der Waals surface area contributed by atoms with Gasteiger partial charge in [-0.25, -0.2) is 12.7 Å². The van der Waals surface area contributed by atoms with Crippen molar-refractivity contribution in [2.24, 2.45) is 0 Å². The molecule has 1 rings (SSSR count). The number of carbonyl (C=O) groups is 1. The molecule has 0 saturated heterocycles. The standard InChI is InChI=1S/C15H22Cl2N2O3S/c1-3-4-5-7-19(23(2,21)22)8-6-15(20)18-14-10-12(16)9-13(17)11-14/h9-11H,3-8H2,1-2H3,(H,18,20). The Labute approximate surface area is 148 Å². The highest BCUT2D eigenvalue weighted by atomic mass is 35.5. The molecule has 1 N–H and O–H groups in total. The quantitative estimate of drug-likeness (QED) is 0.662. The molecule has 1 aromatic carbocycles. The SMILES string of the molecule is CCCCCN(CCC(=O)Nc1cc(Cl)cc(Cl)c1)S(C)(=O)=O. The molecule has 0 bridgehead atoms. The molecule has 0 aliphatic carbocycles. The summed E-state index contributed by atoms with van der Waals surface area (Å²) in [5.41, 5.74) is 0.490. The lowest BCUT2D eigenvalue weighted by Crippen LogP contribution is -2.33. The zero-order chi connectivity index (χ0) is 17.5. The third-order valence-electron chi connectivity index (χ3n) is 3.21. The summed E-state index contributed by atoms with van der Waals surface area (Å²) in [6.45, 7) is 2.64. The molecule has 0 atom stereocenters. The third kappa shape index (κ3) is 8.01. The van der Waals surface area contributed by atoms with Crippen LogP contribution in [0, 0.1) is 0 Å². The average molecular weight is 381 g/mol. The van der Waals surface area contributed by atoms with Crippen LogP contribution in [-0.4, -0.2) is 38.0 Å². The van der Waals surface area contributed by atoms with Gasteiger partial charge in [0, 0.05) is 35.2 Å². The molecule has 0 radical (unpaired) electrons. The molecular weight excluding hydrogens is 359 g/mol. The molecule has 0 aliphatic heterocycles. The number of sulfonamides is 1. The Bertz CT molecular complexity index is 615. The number of hydrogen-bond donors (Lipinski definition) is 1. The topological polar surface area (TPSA) is 66.5 Å². The highest BCUT2D eigenvalue weighted by Crippen LogP contribution is 2.22. The number of halogens is 2. The van der Waals surface area contributed by atoms with Gasteiger partial charge in [0.15, 0.2) is 0 Å². The summed E-state index contributed by atoms with van der Waals surface area (Å²) < 4.78 is 24.8. The third-order valence-corrected chi connectivity index (χ3v) is 4.95. The molecule has 0 fully saturated rings. The van der Waals surface area contributed by atoms with E-state index in [0.29, 0.717) is 22.3 Å². The van der Waals surface area contributed by atoms with Gasteiger partial charge >= 0.3 is 0 Å². The van der Waals surface area contributed by atoms with Crippen molar-refractivity contribution in [3.8, 4) is 0 Å². The van der Waals surface area contributed by atoms with E-state index in [2.05, 4.69) is 5.32 Å². The lowest BCUT2D eigenvalue weighted by Gasteiger charge is -2.19. The maximum absolute atomic E-state index is 12.0. The predicted molar refractivity (Wildman–Crippen MR) is 95.7 cm³/mol. The van der Waals surface area contributed by atoms with E-state index < -0.39 is 10.0 Å². The molecule has 0 saturated carbocycles. The van der Waals surface area contributed by atoms with Crippen LogP contribution in [0.25, 0.3) is 0 Å². The van der Waals surface area contributed by atoms with Crippen molar-refractivity contribution in [2.75, 3.05) is 24.7 Å². The number of hydrogen-bond acceptors (Lipinski definition) is 3. The minimum atomic E-state index is -3.32. The number of rotatable bonds is 9. The first kappa shape index (κ1) is 20.2. The normalized spacial score (nSPS) is 11.7. The molecule has 1 amide bonds. The second kappa shape index (κ2) is 9.47. The smallest absolute Gasteiger partial charge is 0.225 e. The molecule has 0 aromatic heterocycles. The monoisotopic (exact) mass is 380 g/mol. The van der Waals surface area contributed by atoms with E-state index in [9.17, 15) is 13.2 Å². The van der Waals surface area contributed by atoms with Crippen molar-refractivity contribution in [3.63, 3.8) is 0 Å². The number of anilines is 1. The van der Waals surface area contributed by atoms with Gasteiger partial charge in [-0.05, 0) is 24.6 Å². The molecule has 23 heavy (non-hydrogen) atoms. The van der Waals surface area contributed by atoms with Crippen LogP contribution >= 0.6 is 23.2 Å². The van der Waals surface area contributed by atoms with Gasteiger partial charge in [0.1, 0.15) is 0 Å². The molecule has 5 nitrogen and oxygen atoms in total. The van der Waals surface area contributed by atoms with Crippen LogP contribution < -0.4 is 5.32 Å². The van der Waals surface area contributed by atoms with E-state index in [0.717, 1.165) is 25.5 Å². The van der Waals surface area contributed by atoms with Gasteiger partial charge in [0.2, 0.25) is 15.9 Å². The fourth-order valence-electron chi connectivity index (χ4n) is 2.06. The molecule has 0 spiro atoms. The highest BCUT2D eigenvalue weighted by Gasteiger charge is 2.17. The summed E-state index contributed by atoms with van der Waals surface area (Å²) in [5, 5.41) is 3.51. The Morgan fingerprint density at radius 2 is 1.74 bits per heavy atom. The summed E-state index contributed by atoms with van der Waals surface area (Å²) in [4.78, 5) is 12.0. The zero-order valence-corrected chi connectivity index (χ0v) is 15.6. The van der Waals surface area contributed by atoms with E-state index >= 15 is 0 Å². The van der Waals surface area contributed by atoms with Gasteiger partial charge in [-0.2, -0.15) is 0 Å². The predicted octanol–water partition coefficient (Wildman–Crippen LogP) is 3.77. The van der Waals surface area contributed by atoms with Crippen LogP contribution in [0.3, 0.4) is 0 Å². The number of benzene rings is 1. The van der Waals surface area contributed by atoms with Crippen LogP contribution in [0.2, 0.25) is 10.0 Å². The van der Waals surface area contributed by atoms with Crippen molar-refractivity contribution in [1.29, 1.82) is 0 Å². The first-order valence-corrected chi connectivity index (χ1v) is 10.0. The van der Waals surface area contributed by atoms with Gasteiger partial charge in [-0.15, -0.1) is 0 Å². The first-order valence-electron chi connectivity index (χ1n) is 7.43. The maximum Gasteiger partial charge on any atom is 0.225 e. The maximum atomic E-state index is 12.0. The van der Waals surface area contributed by atoms with Gasteiger partial charge in [0.05, 0.1) is 6.26 Å². The molecular formula is C15H22Cl2N2O3S. The first-order chi connectivity index (χ1) is 10.7. The van der Waals surface area contributed by atoms with Crippen LogP contribution in [-0.2, 0) is 14.8 Å². The molecule has 130 valence electrons. The Kier molecular flexibility index (Phi) is 8.33. The molecule has 8 heteroatoms. The summed E-state index contributed by atoms with van der Waals surface area (Å²) in [5.74, 6) is -0.285. The average Bonchev–Trinajstić information content (AvgIpc) is 2.40. The number of carbonyl (C=O) groups excluding carboxylic acids is 1. The Morgan fingerprint density at radius 1 is 1.13 bits per heavy atom. The molecule has 0 heterocycles. The minimum Gasteiger partial charge on any atom is -0.326 e. The van der Waals surface area contributed by atoms with E-state index in [1.54, 1.807) is 18.2 Å². The Hall–Kier alpha value is -0.820. The van der Waals surface area contributed by atoms with E-state index in [4.69, 9.17) is 23.2 Å². The summed E-state index contributed by atoms with van der Waals surface area (Å²) >= 11 is 11.7. The number of nitrogens with one attached hydrogen (secondary N) is 1. The van der Waals surface area contributed by atoms with E-state index in [1.807, 2.05) is 6.92 Å². The van der Waals surface area contributed by atoms with Crippen LogP contribution in [0.15, 0.2) is 18.2 Å². The highest BCUT2D eigenvalue weighted by molar-refractivity contribution is 7.88. The number of unbranched alkanes of at least 4 members (excludes halogenated alkanes) is 2. The summed E-state index contributed by atoms with van der Waals surface area (Å²) in [7, 11) is -3.32. The van der Waals surface area contributed by atoms with Gasteiger partial charge in [0.25, 0.3) is 0 Å². The van der Waals surface area contributed by atoms with Crippen molar-refractivity contribution in [1.82, 2.24) is 4.31 Å². The number of amides is 1. The zero-order valence-electron chi connectivity index (χ0n) is 13.3. The lowest BCUT2D eigenvalue weighted by molar-refractivity contribution is -0.116. The van der Waals surface area contributed by atoms with Crippen LogP contribution in [0.1, 0.15) is 32.6 Å². The molecule has 0 unspecified atom stereocenters. The molecule has 1 aromatic rings. The van der Waals surface area contributed by atoms with Crippen molar-refractivity contribution in [3.05, 3.63) is 28.2 Å². The second-order valence-electron chi connectivity index (χ2n) is 5.33. The van der Waals surface area contributed by atoms with Gasteiger partial charge in [-0.3, -0.25) is 4.79 Å².